The summed E-state index contributed by atoms with van der Waals surface area (Å²) < 4.78 is 4.79. The number of aromatic nitrogens is 2. The van der Waals surface area contributed by atoms with Gasteiger partial charge in [0.05, 0.1) is 13.1 Å². The molecule has 0 atom stereocenters. The Bertz CT molecular complexity index is 302. The molecule has 0 amide bonds. The molecule has 2 heteroatoms. The molecule has 0 bridgehead atoms. The fourth-order valence-corrected chi connectivity index (χ4v) is 2.23. The highest BCUT2D eigenvalue weighted by atomic mass is 15.1. The van der Waals surface area contributed by atoms with Crippen LogP contribution in [0.4, 0.5) is 0 Å². The first-order chi connectivity index (χ1) is 8.29. The maximum Gasteiger partial charge on any atom is 0.253 e. The second-order valence-corrected chi connectivity index (χ2v) is 5.00. The molecule has 0 aliphatic carbocycles. The summed E-state index contributed by atoms with van der Waals surface area (Å²) in [5.41, 5.74) is 0. The Kier molecular flexibility index (Phi) is 6.99. The molecule has 17 heavy (non-hydrogen) atoms. The van der Waals surface area contributed by atoms with Gasteiger partial charge >= 0.3 is 0 Å². The summed E-state index contributed by atoms with van der Waals surface area (Å²) in [7, 11) is 0. The maximum absolute atomic E-state index is 2.40. The minimum absolute atomic E-state index is 1.17. The molecule has 2 nitrogen and oxygen atoms in total. The zero-order valence-electron chi connectivity index (χ0n) is 11.9. The van der Waals surface area contributed by atoms with Gasteiger partial charge in [-0.05, 0) is 19.3 Å². The van der Waals surface area contributed by atoms with E-state index in [-0.39, 0.29) is 0 Å². The van der Waals surface area contributed by atoms with E-state index in [9.17, 15) is 0 Å². The van der Waals surface area contributed by atoms with E-state index in [4.69, 9.17) is 0 Å². The fourth-order valence-electron chi connectivity index (χ4n) is 2.23. The largest absolute Gasteiger partial charge is 0.253 e. The molecule has 1 aromatic heterocycles. The Morgan fingerprint density at radius 1 is 1.00 bits per heavy atom. The summed E-state index contributed by atoms with van der Waals surface area (Å²) in [4.78, 5) is 0. The van der Waals surface area contributed by atoms with Gasteiger partial charge in [0.25, 0.3) is 5.82 Å². The smallest absolute Gasteiger partial charge is 0.234 e. The zero-order valence-corrected chi connectivity index (χ0v) is 11.9. The summed E-state index contributed by atoms with van der Waals surface area (Å²) in [5, 5.41) is 0. The summed E-state index contributed by atoms with van der Waals surface area (Å²) >= 11 is 0. The molecule has 0 aliphatic rings. The molecule has 0 saturated carbocycles. The van der Waals surface area contributed by atoms with E-state index in [1.54, 1.807) is 0 Å². The van der Waals surface area contributed by atoms with Crippen molar-refractivity contribution in [1.82, 2.24) is 4.57 Å². The lowest BCUT2D eigenvalue weighted by Crippen LogP contribution is -2.35. The predicted octanol–water partition coefficient (Wildman–Crippen LogP) is 3.85. The van der Waals surface area contributed by atoms with Gasteiger partial charge in [-0.2, -0.15) is 0 Å². The lowest BCUT2D eigenvalue weighted by Gasteiger charge is -2.01. The van der Waals surface area contributed by atoms with Crippen molar-refractivity contribution in [3.8, 4) is 0 Å². The number of hydrogen-bond donors (Lipinski definition) is 0. The first kappa shape index (κ1) is 14.3. The van der Waals surface area contributed by atoms with Gasteiger partial charge in [0.2, 0.25) is 0 Å². The first-order valence-electron chi connectivity index (χ1n) is 7.34. The van der Waals surface area contributed by atoms with Crippen molar-refractivity contribution in [2.75, 3.05) is 0 Å². The van der Waals surface area contributed by atoms with Crippen LogP contribution in [0.25, 0.3) is 0 Å². The molecule has 0 radical (unpaired) electrons. The minimum atomic E-state index is 1.17. The summed E-state index contributed by atoms with van der Waals surface area (Å²) in [6, 6.07) is 0. The summed E-state index contributed by atoms with van der Waals surface area (Å²) in [5.74, 6) is 1.41. The van der Waals surface area contributed by atoms with E-state index < -0.39 is 0 Å². The van der Waals surface area contributed by atoms with Crippen LogP contribution < -0.4 is 4.57 Å². The van der Waals surface area contributed by atoms with Crippen LogP contribution in [0.3, 0.4) is 0 Å². The van der Waals surface area contributed by atoms with Crippen LogP contribution in [0.5, 0.6) is 0 Å². The van der Waals surface area contributed by atoms with Crippen LogP contribution in [0.1, 0.15) is 64.6 Å². The third-order valence-corrected chi connectivity index (χ3v) is 3.51. The van der Waals surface area contributed by atoms with E-state index in [1.165, 1.54) is 63.9 Å². The van der Waals surface area contributed by atoms with Crippen LogP contribution in [-0.2, 0) is 13.1 Å². The standard InChI is InChI=1S/C15H29N2/c1-4-6-8-9-10-12-17-14-13-16(15(17)3)11-7-5-2/h13-14H,4-12H2,1-3H3/q+1. The average molecular weight is 237 g/mol. The van der Waals surface area contributed by atoms with Gasteiger partial charge < -0.3 is 0 Å². The Hall–Kier alpha value is -0.790. The molecule has 0 spiro atoms. The monoisotopic (exact) mass is 237 g/mol. The molecule has 1 heterocycles. The minimum Gasteiger partial charge on any atom is -0.234 e. The van der Waals surface area contributed by atoms with Crippen molar-refractivity contribution < 1.29 is 4.57 Å². The fraction of sp³-hybridized carbons (Fsp3) is 0.800. The topological polar surface area (TPSA) is 8.81 Å². The Labute approximate surface area is 107 Å². The van der Waals surface area contributed by atoms with Crippen molar-refractivity contribution in [2.45, 2.75) is 78.8 Å². The van der Waals surface area contributed by atoms with E-state index in [0.717, 1.165) is 0 Å². The molecular weight excluding hydrogens is 208 g/mol. The van der Waals surface area contributed by atoms with Gasteiger partial charge in [0, 0.05) is 6.92 Å². The van der Waals surface area contributed by atoms with Crippen LogP contribution >= 0.6 is 0 Å². The van der Waals surface area contributed by atoms with Crippen molar-refractivity contribution in [1.29, 1.82) is 0 Å². The van der Waals surface area contributed by atoms with E-state index in [1.807, 2.05) is 0 Å². The van der Waals surface area contributed by atoms with Gasteiger partial charge in [0.1, 0.15) is 12.4 Å². The summed E-state index contributed by atoms with van der Waals surface area (Å²) in [6.45, 7) is 9.12. The molecule has 0 aliphatic heterocycles. The normalized spacial score (nSPS) is 11.0. The van der Waals surface area contributed by atoms with Gasteiger partial charge in [-0.15, -0.1) is 0 Å². The van der Waals surface area contributed by atoms with Gasteiger partial charge in [-0.3, -0.25) is 0 Å². The van der Waals surface area contributed by atoms with Gasteiger partial charge in [0.15, 0.2) is 0 Å². The number of hydrogen-bond acceptors (Lipinski definition) is 0. The molecule has 0 fully saturated rings. The quantitative estimate of drug-likeness (QED) is 0.455. The van der Waals surface area contributed by atoms with Crippen molar-refractivity contribution in [3.63, 3.8) is 0 Å². The molecule has 0 N–H and O–H groups in total. The number of nitrogens with zero attached hydrogens (tertiary/aromatic N) is 2. The van der Waals surface area contributed by atoms with Crippen LogP contribution in [0.15, 0.2) is 12.4 Å². The van der Waals surface area contributed by atoms with Crippen LogP contribution in [-0.4, -0.2) is 4.57 Å². The number of rotatable bonds is 9. The first-order valence-corrected chi connectivity index (χ1v) is 7.34. The predicted molar refractivity (Wildman–Crippen MR) is 73.0 cm³/mol. The molecule has 1 aromatic rings. The highest BCUT2D eigenvalue weighted by molar-refractivity contribution is 4.79. The van der Waals surface area contributed by atoms with Crippen molar-refractivity contribution in [2.24, 2.45) is 0 Å². The molecule has 0 aromatic carbocycles. The third kappa shape index (κ3) is 4.93. The number of unbranched alkanes of at least 4 members (excludes halogenated alkanes) is 5. The Morgan fingerprint density at radius 2 is 1.71 bits per heavy atom. The third-order valence-electron chi connectivity index (χ3n) is 3.51. The molecular formula is C15H29N2+. The second-order valence-electron chi connectivity index (χ2n) is 5.00. The van der Waals surface area contributed by atoms with E-state index >= 15 is 0 Å². The van der Waals surface area contributed by atoms with E-state index in [0.29, 0.717) is 0 Å². The molecule has 1 rings (SSSR count). The van der Waals surface area contributed by atoms with Crippen molar-refractivity contribution >= 4 is 0 Å². The Morgan fingerprint density at radius 3 is 2.41 bits per heavy atom. The van der Waals surface area contributed by atoms with Crippen LogP contribution in [0, 0.1) is 6.92 Å². The number of imidazole rings is 1. The molecule has 0 unspecified atom stereocenters. The molecule has 98 valence electrons. The van der Waals surface area contributed by atoms with E-state index in [2.05, 4.69) is 42.3 Å². The van der Waals surface area contributed by atoms with Gasteiger partial charge in [-0.25, -0.2) is 9.13 Å². The zero-order chi connectivity index (χ0) is 12.5. The SMILES string of the molecule is CCCCCCC[n+]1ccn(CCCC)c1C. The highest BCUT2D eigenvalue weighted by Gasteiger charge is 2.10. The summed E-state index contributed by atoms with van der Waals surface area (Å²) in [6.07, 6.45) is 13.8. The van der Waals surface area contributed by atoms with Crippen molar-refractivity contribution in [3.05, 3.63) is 18.2 Å². The van der Waals surface area contributed by atoms with Gasteiger partial charge in [-0.1, -0.05) is 39.5 Å². The second kappa shape index (κ2) is 8.32. The molecule has 0 saturated heterocycles. The Balaban J connectivity index is 2.30. The lowest BCUT2D eigenvalue weighted by molar-refractivity contribution is -0.702. The van der Waals surface area contributed by atoms with Crippen LogP contribution in [0.2, 0.25) is 0 Å². The lowest BCUT2D eigenvalue weighted by atomic mass is 10.1. The number of aryl methyl sites for hydroxylation is 2. The maximum atomic E-state index is 2.40. The average Bonchev–Trinajstić information content (AvgIpc) is 2.68. The highest BCUT2D eigenvalue weighted by Crippen LogP contribution is 2.03.